The number of halogens is 2. The molecule has 126 valence electrons. The van der Waals surface area contributed by atoms with Gasteiger partial charge in [0.1, 0.15) is 23.0 Å². The van der Waals surface area contributed by atoms with Gasteiger partial charge in [-0.25, -0.2) is 13.6 Å². The lowest BCUT2D eigenvalue weighted by molar-refractivity contribution is 0.102. The molecule has 1 aliphatic carbocycles. The van der Waals surface area contributed by atoms with Crippen LogP contribution in [0, 0.1) is 11.6 Å². The van der Waals surface area contributed by atoms with E-state index in [1.54, 1.807) is 0 Å². The molecule has 9 heteroatoms. The average molecular weight is 353 g/mol. The summed E-state index contributed by atoms with van der Waals surface area (Å²) in [6.45, 7) is 0. The van der Waals surface area contributed by atoms with Crippen LogP contribution in [0.3, 0.4) is 0 Å². The number of Topliss-reactive ketones (excluding diaryl/α,β-unsaturated/α-hetero) is 1. The van der Waals surface area contributed by atoms with Crippen molar-refractivity contribution in [3.8, 4) is 0 Å². The maximum absolute atomic E-state index is 13.6. The third-order valence-corrected chi connectivity index (χ3v) is 4.66. The highest BCUT2D eigenvalue weighted by atomic mass is 32.2. The quantitative estimate of drug-likeness (QED) is 0.630. The van der Waals surface area contributed by atoms with Crippen LogP contribution in [0.5, 0.6) is 0 Å². The second-order valence-corrected chi connectivity index (χ2v) is 6.42. The Morgan fingerprint density at radius 1 is 1.33 bits per heavy atom. The van der Waals surface area contributed by atoms with E-state index in [9.17, 15) is 23.2 Å². The van der Waals surface area contributed by atoms with Crippen molar-refractivity contribution in [2.24, 2.45) is 0 Å². The number of carbonyl (C=O) groups excluding carboxylic acids is 1. The standard InChI is InChI=1S/C15H13F2N3O3S/c16-7-1-4-9(17)11(5-7)24-6-10(21)12-13(18)20(8-2-3-8)15(23)19-14(12)22/h1,4-5,8H,2-3,6,18H2,(H,19,22,23). The zero-order valence-electron chi connectivity index (χ0n) is 12.3. The van der Waals surface area contributed by atoms with Crippen LogP contribution >= 0.6 is 11.8 Å². The lowest BCUT2D eigenvalue weighted by Gasteiger charge is -2.11. The van der Waals surface area contributed by atoms with Gasteiger partial charge in [-0.3, -0.25) is 19.1 Å². The number of H-pyrrole nitrogens is 1. The van der Waals surface area contributed by atoms with E-state index in [1.165, 1.54) is 4.57 Å². The van der Waals surface area contributed by atoms with Crippen molar-refractivity contribution in [3.05, 3.63) is 56.2 Å². The molecule has 1 aliphatic rings. The summed E-state index contributed by atoms with van der Waals surface area (Å²) in [5, 5.41) is 0. The van der Waals surface area contributed by atoms with Crippen LogP contribution in [0.2, 0.25) is 0 Å². The summed E-state index contributed by atoms with van der Waals surface area (Å²) < 4.78 is 27.9. The first-order chi connectivity index (χ1) is 11.4. The van der Waals surface area contributed by atoms with Gasteiger partial charge >= 0.3 is 5.69 Å². The van der Waals surface area contributed by atoms with Crippen LogP contribution in [-0.2, 0) is 0 Å². The number of nitrogens with one attached hydrogen (secondary N) is 1. The molecule has 1 aromatic carbocycles. The van der Waals surface area contributed by atoms with Crippen LogP contribution in [0.25, 0.3) is 0 Å². The summed E-state index contributed by atoms with van der Waals surface area (Å²) in [5.41, 5.74) is 3.97. The molecule has 0 unspecified atom stereocenters. The van der Waals surface area contributed by atoms with Gasteiger partial charge in [-0.1, -0.05) is 0 Å². The highest BCUT2D eigenvalue weighted by molar-refractivity contribution is 8.00. The average Bonchev–Trinajstić information content (AvgIpc) is 3.32. The van der Waals surface area contributed by atoms with E-state index >= 15 is 0 Å². The van der Waals surface area contributed by atoms with E-state index in [4.69, 9.17) is 5.73 Å². The molecule has 0 bridgehead atoms. The lowest BCUT2D eigenvalue weighted by Crippen LogP contribution is -2.36. The number of nitrogens with two attached hydrogens (primary N) is 1. The number of nitrogens with zero attached hydrogens (tertiary/aromatic N) is 1. The Labute approximate surface area is 138 Å². The second-order valence-electron chi connectivity index (χ2n) is 5.41. The SMILES string of the molecule is Nc1c(C(=O)CSc2cc(F)ccc2F)c(=O)[nH]c(=O)n1C1CC1. The van der Waals surface area contributed by atoms with Gasteiger partial charge in [-0.2, -0.15) is 0 Å². The zero-order chi connectivity index (χ0) is 17.4. The molecule has 1 heterocycles. The third kappa shape index (κ3) is 3.12. The summed E-state index contributed by atoms with van der Waals surface area (Å²) in [4.78, 5) is 38.1. The Balaban J connectivity index is 1.88. The van der Waals surface area contributed by atoms with Gasteiger partial charge in [-0.15, -0.1) is 11.8 Å². The summed E-state index contributed by atoms with van der Waals surface area (Å²) in [6.07, 6.45) is 1.49. The number of ketones is 1. The molecule has 0 saturated heterocycles. The Morgan fingerprint density at radius 2 is 2.04 bits per heavy atom. The molecule has 24 heavy (non-hydrogen) atoms. The maximum Gasteiger partial charge on any atom is 0.330 e. The maximum atomic E-state index is 13.6. The smallest absolute Gasteiger partial charge is 0.330 e. The van der Waals surface area contributed by atoms with Gasteiger partial charge in [0.25, 0.3) is 5.56 Å². The summed E-state index contributed by atoms with van der Waals surface area (Å²) in [5.74, 6) is -2.45. The predicted molar refractivity (Wildman–Crippen MR) is 85.4 cm³/mol. The fourth-order valence-corrected chi connectivity index (χ4v) is 3.17. The van der Waals surface area contributed by atoms with Gasteiger partial charge in [0.2, 0.25) is 0 Å². The first-order valence-electron chi connectivity index (χ1n) is 7.14. The minimum absolute atomic E-state index is 0.0473. The summed E-state index contributed by atoms with van der Waals surface area (Å²) >= 11 is 0.755. The van der Waals surface area contributed by atoms with Gasteiger partial charge in [-0.05, 0) is 31.0 Å². The van der Waals surface area contributed by atoms with Gasteiger partial charge in [0.15, 0.2) is 5.78 Å². The highest BCUT2D eigenvalue weighted by Gasteiger charge is 2.30. The van der Waals surface area contributed by atoms with Crippen molar-refractivity contribution in [1.82, 2.24) is 9.55 Å². The van der Waals surface area contributed by atoms with Crippen molar-refractivity contribution in [2.75, 3.05) is 11.5 Å². The molecule has 0 aliphatic heterocycles. The number of rotatable bonds is 5. The molecule has 3 N–H and O–H groups in total. The number of nitrogen functional groups attached to an aromatic ring is 1. The number of hydrogen-bond donors (Lipinski definition) is 2. The van der Waals surface area contributed by atoms with Crippen LogP contribution in [-0.4, -0.2) is 21.1 Å². The fourth-order valence-electron chi connectivity index (χ4n) is 2.33. The lowest BCUT2D eigenvalue weighted by atomic mass is 10.2. The van der Waals surface area contributed by atoms with Crippen molar-refractivity contribution < 1.29 is 13.6 Å². The molecule has 6 nitrogen and oxygen atoms in total. The molecule has 2 aromatic rings. The van der Waals surface area contributed by atoms with E-state index in [0.717, 1.165) is 42.8 Å². The number of anilines is 1. The number of benzene rings is 1. The molecular weight excluding hydrogens is 340 g/mol. The van der Waals surface area contributed by atoms with Crippen LogP contribution in [0.1, 0.15) is 29.2 Å². The van der Waals surface area contributed by atoms with E-state index < -0.39 is 28.7 Å². The van der Waals surface area contributed by atoms with E-state index in [-0.39, 0.29) is 28.1 Å². The van der Waals surface area contributed by atoms with Crippen molar-refractivity contribution in [1.29, 1.82) is 0 Å². The minimum Gasteiger partial charge on any atom is -0.384 e. The van der Waals surface area contributed by atoms with E-state index in [2.05, 4.69) is 4.98 Å². The Kier molecular flexibility index (Phi) is 4.27. The van der Waals surface area contributed by atoms with Crippen LogP contribution in [0.15, 0.2) is 32.7 Å². The molecule has 0 spiro atoms. The molecular formula is C15H13F2N3O3S. The van der Waals surface area contributed by atoms with Crippen molar-refractivity contribution >= 4 is 23.4 Å². The molecule has 1 fully saturated rings. The topological polar surface area (TPSA) is 98.0 Å². The van der Waals surface area contributed by atoms with Crippen molar-refractivity contribution in [3.63, 3.8) is 0 Å². The third-order valence-electron chi connectivity index (χ3n) is 3.62. The van der Waals surface area contributed by atoms with Crippen LogP contribution < -0.4 is 17.0 Å². The van der Waals surface area contributed by atoms with Crippen LogP contribution in [0.4, 0.5) is 14.6 Å². The fraction of sp³-hybridized carbons (Fsp3) is 0.267. The zero-order valence-corrected chi connectivity index (χ0v) is 13.2. The second kappa shape index (κ2) is 6.23. The Hall–Kier alpha value is -2.42. The predicted octanol–water partition coefficient (Wildman–Crippen LogP) is 1.71. The monoisotopic (exact) mass is 353 g/mol. The summed E-state index contributed by atoms with van der Waals surface area (Å²) in [7, 11) is 0. The number of carbonyl (C=O) groups is 1. The Morgan fingerprint density at radius 3 is 2.71 bits per heavy atom. The van der Waals surface area contributed by atoms with E-state index in [1.807, 2.05) is 0 Å². The molecule has 3 rings (SSSR count). The van der Waals surface area contributed by atoms with Crippen molar-refractivity contribution in [2.45, 2.75) is 23.8 Å². The number of thioether (sulfide) groups is 1. The molecule has 1 saturated carbocycles. The largest absolute Gasteiger partial charge is 0.384 e. The van der Waals surface area contributed by atoms with E-state index in [0.29, 0.717) is 0 Å². The Bertz CT molecular complexity index is 935. The normalized spacial score (nSPS) is 13.9. The summed E-state index contributed by atoms with van der Waals surface area (Å²) in [6, 6.07) is 2.77. The number of aromatic amines is 1. The molecule has 1 aromatic heterocycles. The first kappa shape index (κ1) is 16.4. The number of aromatic nitrogens is 2. The van der Waals surface area contributed by atoms with Gasteiger partial charge < -0.3 is 5.73 Å². The highest BCUT2D eigenvalue weighted by Crippen LogP contribution is 2.35. The number of hydrogen-bond acceptors (Lipinski definition) is 5. The molecule has 0 radical (unpaired) electrons. The first-order valence-corrected chi connectivity index (χ1v) is 8.12. The molecule has 0 atom stereocenters. The van der Waals surface area contributed by atoms with Gasteiger partial charge in [0, 0.05) is 10.9 Å². The van der Waals surface area contributed by atoms with Gasteiger partial charge in [0.05, 0.1) is 5.75 Å². The molecule has 0 amide bonds. The minimum atomic E-state index is -0.875.